The SMILES string of the molecule is CC[C@@H](C)NC(=O)c1cc(N)cc(-c2cnc(NC(C)C)c(=O)n2CC(=O)NCc2c(O)cc(C(=N)N)cc2OCc2cccnc2)c1. The second-order valence-electron chi connectivity index (χ2n) is 11.6. The summed E-state index contributed by atoms with van der Waals surface area (Å²) in [6, 6.07) is 10.9. The van der Waals surface area contributed by atoms with Crippen molar-refractivity contribution >= 4 is 29.2 Å². The number of aromatic nitrogens is 3. The molecule has 4 rings (SSSR count). The maximum Gasteiger partial charge on any atom is 0.294 e. The summed E-state index contributed by atoms with van der Waals surface area (Å²) in [5, 5.41) is 27.3. The van der Waals surface area contributed by atoms with Crippen molar-refractivity contribution in [1.82, 2.24) is 25.2 Å². The fraction of sp³-hybridized carbons (Fsp3) is 0.294. The van der Waals surface area contributed by atoms with Gasteiger partial charge in [-0.05, 0) is 63.6 Å². The molecule has 9 N–H and O–H groups in total. The summed E-state index contributed by atoms with van der Waals surface area (Å²) in [5.41, 5.74) is 13.8. The molecule has 4 aromatic rings. The zero-order valence-corrected chi connectivity index (χ0v) is 27.3. The van der Waals surface area contributed by atoms with E-state index in [1.807, 2.05) is 33.8 Å². The van der Waals surface area contributed by atoms with Crippen LogP contribution in [0.4, 0.5) is 11.5 Å². The Labute approximate surface area is 278 Å². The number of rotatable bonds is 14. The first-order valence-electron chi connectivity index (χ1n) is 15.4. The first-order valence-corrected chi connectivity index (χ1v) is 15.4. The van der Waals surface area contributed by atoms with E-state index in [1.54, 1.807) is 30.6 Å². The summed E-state index contributed by atoms with van der Waals surface area (Å²) in [7, 11) is 0. The number of carbonyl (C=O) groups is 2. The number of nitrogens with two attached hydrogens (primary N) is 2. The number of aromatic hydroxyl groups is 1. The number of ether oxygens (including phenoxy) is 1. The molecule has 2 aromatic heterocycles. The van der Waals surface area contributed by atoms with Gasteiger partial charge >= 0.3 is 0 Å². The van der Waals surface area contributed by atoms with Gasteiger partial charge in [0.15, 0.2) is 5.82 Å². The molecule has 252 valence electrons. The molecule has 0 unspecified atom stereocenters. The number of phenolic OH excluding ortho intramolecular Hbond substituents is 1. The molecule has 2 amide bonds. The fourth-order valence-electron chi connectivity index (χ4n) is 4.71. The molecule has 0 fully saturated rings. The molecule has 0 saturated carbocycles. The summed E-state index contributed by atoms with van der Waals surface area (Å²) in [5.74, 6) is -1.15. The number of nitrogens with one attached hydrogen (secondary N) is 4. The Bertz CT molecular complexity index is 1860. The Balaban J connectivity index is 1.65. The summed E-state index contributed by atoms with van der Waals surface area (Å²) in [4.78, 5) is 48.4. The molecule has 2 aromatic carbocycles. The lowest BCUT2D eigenvalue weighted by Crippen LogP contribution is -2.35. The summed E-state index contributed by atoms with van der Waals surface area (Å²) >= 11 is 0. The average Bonchev–Trinajstić information content (AvgIpc) is 3.04. The van der Waals surface area contributed by atoms with Crippen LogP contribution in [-0.2, 0) is 24.5 Å². The highest BCUT2D eigenvalue weighted by molar-refractivity contribution is 5.97. The van der Waals surface area contributed by atoms with Crippen LogP contribution in [0.1, 0.15) is 61.2 Å². The van der Waals surface area contributed by atoms with E-state index in [1.165, 1.54) is 29.0 Å². The number of amidine groups is 1. The zero-order chi connectivity index (χ0) is 35.0. The van der Waals surface area contributed by atoms with E-state index in [0.29, 0.717) is 11.1 Å². The van der Waals surface area contributed by atoms with Crippen LogP contribution in [0.5, 0.6) is 11.5 Å². The van der Waals surface area contributed by atoms with Gasteiger partial charge in [0, 0.05) is 52.4 Å². The molecule has 0 aliphatic heterocycles. The average molecular weight is 656 g/mol. The minimum absolute atomic E-state index is 0.0451. The van der Waals surface area contributed by atoms with E-state index < -0.39 is 18.0 Å². The monoisotopic (exact) mass is 655 g/mol. The highest BCUT2D eigenvalue weighted by Gasteiger charge is 2.20. The molecular formula is C34H41N9O5. The molecule has 1 atom stereocenters. The third-order valence-electron chi connectivity index (χ3n) is 7.36. The second kappa shape index (κ2) is 15.6. The Morgan fingerprint density at radius 3 is 2.54 bits per heavy atom. The van der Waals surface area contributed by atoms with Gasteiger partial charge in [0.1, 0.15) is 30.5 Å². The van der Waals surface area contributed by atoms with Crippen LogP contribution in [0.2, 0.25) is 0 Å². The van der Waals surface area contributed by atoms with Gasteiger partial charge in [-0.1, -0.05) is 13.0 Å². The number of amides is 2. The Kier molecular flexibility index (Phi) is 11.3. The van der Waals surface area contributed by atoms with Crippen molar-refractivity contribution in [2.45, 2.75) is 65.9 Å². The van der Waals surface area contributed by atoms with Crippen LogP contribution in [0.25, 0.3) is 11.3 Å². The summed E-state index contributed by atoms with van der Waals surface area (Å²) in [6.45, 7) is 7.05. The number of anilines is 2. The van der Waals surface area contributed by atoms with Gasteiger partial charge in [-0.2, -0.15) is 0 Å². The van der Waals surface area contributed by atoms with Crippen LogP contribution in [0.3, 0.4) is 0 Å². The Morgan fingerprint density at radius 2 is 1.88 bits per heavy atom. The van der Waals surface area contributed by atoms with E-state index in [-0.39, 0.29) is 76.8 Å². The van der Waals surface area contributed by atoms with Crippen LogP contribution in [0, 0.1) is 5.41 Å². The van der Waals surface area contributed by atoms with Crippen LogP contribution >= 0.6 is 0 Å². The molecule has 0 aliphatic rings. The summed E-state index contributed by atoms with van der Waals surface area (Å²) < 4.78 is 7.19. The molecular weight excluding hydrogens is 614 g/mol. The number of phenols is 1. The predicted octanol–water partition coefficient (Wildman–Crippen LogP) is 3.12. The number of hydrogen-bond donors (Lipinski definition) is 7. The van der Waals surface area contributed by atoms with Crippen molar-refractivity contribution in [2.75, 3.05) is 11.1 Å². The van der Waals surface area contributed by atoms with Gasteiger partial charge in [0.05, 0.1) is 24.0 Å². The molecule has 0 saturated heterocycles. The maximum atomic E-state index is 13.7. The van der Waals surface area contributed by atoms with E-state index in [4.69, 9.17) is 21.6 Å². The fourth-order valence-corrected chi connectivity index (χ4v) is 4.71. The number of nitrogen functional groups attached to an aromatic ring is 2. The highest BCUT2D eigenvalue weighted by atomic mass is 16.5. The summed E-state index contributed by atoms with van der Waals surface area (Å²) in [6.07, 6.45) is 5.44. The first kappa shape index (κ1) is 34.9. The van der Waals surface area contributed by atoms with E-state index in [2.05, 4.69) is 25.9 Å². The Hall–Kier alpha value is -5.92. The Morgan fingerprint density at radius 1 is 1.10 bits per heavy atom. The van der Waals surface area contributed by atoms with E-state index in [0.717, 1.165) is 12.0 Å². The lowest BCUT2D eigenvalue weighted by Gasteiger charge is -2.18. The second-order valence-corrected chi connectivity index (χ2v) is 11.6. The molecule has 0 spiro atoms. The normalized spacial score (nSPS) is 11.5. The number of pyridine rings is 1. The minimum Gasteiger partial charge on any atom is -0.507 e. The predicted molar refractivity (Wildman–Crippen MR) is 184 cm³/mol. The van der Waals surface area contributed by atoms with Crippen molar-refractivity contribution in [1.29, 1.82) is 5.41 Å². The van der Waals surface area contributed by atoms with Gasteiger partial charge in [0.25, 0.3) is 11.5 Å². The quantitative estimate of drug-likeness (QED) is 0.0597. The lowest BCUT2D eigenvalue weighted by atomic mass is 10.1. The van der Waals surface area contributed by atoms with Gasteiger partial charge in [-0.3, -0.25) is 29.3 Å². The lowest BCUT2D eigenvalue weighted by molar-refractivity contribution is -0.121. The number of carbonyl (C=O) groups excluding carboxylic acids is 2. The van der Waals surface area contributed by atoms with Crippen LogP contribution < -0.4 is 37.7 Å². The third-order valence-corrected chi connectivity index (χ3v) is 7.36. The van der Waals surface area contributed by atoms with Gasteiger partial charge in [0.2, 0.25) is 5.91 Å². The molecule has 14 heteroatoms. The van der Waals surface area contributed by atoms with Crippen molar-refractivity contribution in [2.24, 2.45) is 5.73 Å². The van der Waals surface area contributed by atoms with E-state index in [9.17, 15) is 19.5 Å². The molecule has 0 aliphatic carbocycles. The topological polar surface area (TPSA) is 223 Å². The molecule has 0 radical (unpaired) electrons. The third kappa shape index (κ3) is 8.87. The molecule has 48 heavy (non-hydrogen) atoms. The van der Waals surface area contributed by atoms with Crippen LogP contribution in [-0.4, -0.2) is 49.4 Å². The van der Waals surface area contributed by atoms with Gasteiger partial charge < -0.3 is 37.3 Å². The van der Waals surface area contributed by atoms with Crippen molar-refractivity contribution < 1.29 is 19.4 Å². The molecule has 2 heterocycles. The molecule has 0 bridgehead atoms. The first-order chi connectivity index (χ1) is 22.9. The van der Waals surface area contributed by atoms with E-state index >= 15 is 0 Å². The standard InChI is InChI=1S/C34H41N9O5/c1-5-20(4)42-33(46)24-9-22(10-25(35)11-24)27-16-40-32(41-19(2)3)34(47)43(27)17-30(45)39-15-26-28(44)12-23(31(36)37)13-29(26)48-18-21-7-6-8-38-14-21/h6-14,16,19-20,44H,5,15,17-18,35H2,1-4H3,(H3,36,37)(H,39,45)(H,40,41)(H,42,46)/t20-/m1/s1. The highest BCUT2D eigenvalue weighted by Crippen LogP contribution is 2.31. The number of hydrogen-bond acceptors (Lipinski definition) is 10. The maximum absolute atomic E-state index is 13.7. The van der Waals surface area contributed by atoms with Gasteiger partial charge in [-0.15, -0.1) is 0 Å². The minimum atomic E-state index is -0.563. The smallest absolute Gasteiger partial charge is 0.294 e. The van der Waals surface area contributed by atoms with Gasteiger partial charge in [-0.25, -0.2) is 4.98 Å². The zero-order valence-electron chi connectivity index (χ0n) is 27.3. The molecule has 14 nitrogen and oxygen atoms in total. The number of benzene rings is 2. The van der Waals surface area contributed by atoms with Crippen LogP contribution in [0.15, 0.2) is 65.8 Å². The van der Waals surface area contributed by atoms with Crippen molar-refractivity contribution in [3.63, 3.8) is 0 Å². The number of nitrogens with zero attached hydrogens (tertiary/aromatic N) is 3. The largest absolute Gasteiger partial charge is 0.507 e. The van der Waals surface area contributed by atoms with Crippen molar-refractivity contribution in [3.05, 3.63) is 93.7 Å². The van der Waals surface area contributed by atoms with Crippen molar-refractivity contribution in [3.8, 4) is 22.8 Å².